The lowest BCUT2D eigenvalue weighted by molar-refractivity contribution is -0.378. The topological polar surface area (TPSA) is 412 Å². The van der Waals surface area contributed by atoms with Crippen LogP contribution in [-0.4, -0.2) is 324 Å². The average molecular weight is 1230 g/mol. The third kappa shape index (κ3) is 12.4. The van der Waals surface area contributed by atoms with E-state index in [1.54, 1.807) is 0 Å². The minimum atomic E-state index is -2.08. The summed E-state index contributed by atoms with van der Waals surface area (Å²) in [7, 11) is 0. The molecule has 35 atom stereocenters. The van der Waals surface area contributed by atoms with E-state index < -0.39 is 215 Å². The van der Waals surface area contributed by atoms with Gasteiger partial charge in [0.05, 0.1) is 0 Å². The average Bonchev–Trinajstić information content (AvgIpc) is 3.45. The van der Waals surface area contributed by atoms with Crippen molar-refractivity contribution in [3.05, 3.63) is 0 Å². The van der Waals surface area contributed by atoms with Crippen LogP contribution in [0.2, 0.25) is 0 Å². The highest BCUT2D eigenvalue weighted by Gasteiger charge is 2.59. The lowest BCUT2D eigenvalue weighted by Crippen LogP contribution is -2.67. The molecule has 0 aromatic heterocycles. The highest BCUT2D eigenvalue weighted by molar-refractivity contribution is 7.80. The first-order valence-electron chi connectivity index (χ1n) is 23.5. The summed E-state index contributed by atoms with van der Waals surface area (Å²) in [5, 5.41) is 166. The molecule has 35 heteroatoms. The summed E-state index contributed by atoms with van der Waals surface area (Å²) in [4.78, 5) is 0. The van der Waals surface area contributed by atoms with Gasteiger partial charge in [-0.15, -0.1) is 0 Å². The third-order valence-corrected chi connectivity index (χ3v) is 15.9. The van der Waals surface area contributed by atoms with Crippen LogP contribution < -0.4 is 0 Å². The molecule has 0 saturated carbocycles. The van der Waals surface area contributed by atoms with Crippen molar-refractivity contribution >= 4 is 123 Å². The van der Waals surface area contributed by atoms with E-state index in [9.17, 15) is 71.5 Å². The Morgan fingerprint density at radius 3 is 0.364 bits per heavy atom. The summed E-state index contributed by atoms with van der Waals surface area (Å²) >= 11 is 36.0. The maximum atomic E-state index is 11.4. The molecule has 21 fully saturated rings. The van der Waals surface area contributed by atoms with E-state index in [-0.39, 0.29) is 0 Å². The van der Waals surface area contributed by atoms with Crippen LogP contribution in [-0.2, 0) is 66.3 Å². The molecular formula is C42H56O28S7. The summed E-state index contributed by atoms with van der Waals surface area (Å²) < 4.78 is 81.8. The van der Waals surface area contributed by atoms with Crippen molar-refractivity contribution in [2.45, 2.75) is 215 Å². The van der Waals surface area contributed by atoms with Crippen LogP contribution in [0.25, 0.3) is 0 Å². The van der Waals surface area contributed by atoms with E-state index in [1.165, 1.54) is 0 Å². The van der Waals surface area contributed by atoms with Crippen molar-refractivity contribution in [1.29, 1.82) is 0 Å². The molecule has 0 aliphatic carbocycles. The predicted octanol–water partition coefficient (Wildman–Crippen LogP) is -8.18. The minimum Gasteiger partial charge on any atom is -0.387 e. The molecule has 21 aliphatic rings. The second-order valence-corrected chi connectivity index (χ2v) is 20.7. The predicted molar refractivity (Wildman–Crippen MR) is 274 cm³/mol. The fourth-order valence-electron chi connectivity index (χ4n) is 9.78. The number of hydrogen-bond acceptors (Lipinski definition) is 35. The van der Waals surface area contributed by atoms with Crippen LogP contribution in [0.3, 0.4) is 0 Å². The van der Waals surface area contributed by atoms with Crippen LogP contribution in [0.4, 0.5) is 0 Å². The molecule has 434 valence electrons. The van der Waals surface area contributed by atoms with Gasteiger partial charge in [-0.3, -0.25) is 0 Å². The number of aliphatic hydroxyl groups excluding tert-OH is 14. The Morgan fingerprint density at radius 2 is 0.273 bits per heavy atom. The Bertz CT molecular complexity index is 1690. The quantitative estimate of drug-likeness (QED) is 0.105. The van der Waals surface area contributed by atoms with Crippen molar-refractivity contribution in [1.82, 2.24) is 0 Å². The van der Waals surface area contributed by atoms with Crippen LogP contribution in [0.5, 0.6) is 0 Å². The van der Waals surface area contributed by atoms with Gasteiger partial charge in [-0.05, 0) is 0 Å². The maximum Gasteiger partial charge on any atom is 0.187 e. The van der Waals surface area contributed by atoms with Gasteiger partial charge in [0.15, 0.2) is 44.0 Å². The lowest BCUT2D eigenvalue weighted by Gasteiger charge is -2.49. The second-order valence-electron chi connectivity index (χ2n) is 18.8. The van der Waals surface area contributed by atoms with E-state index in [4.69, 9.17) is 152 Å². The zero-order valence-corrected chi connectivity index (χ0v) is 44.8. The molecule has 21 saturated heterocycles. The first kappa shape index (κ1) is 62.6. The Morgan fingerprint density at radius 1 is 0.169 bits per heavy atom. The van der Waals surface area contributed by atoms with E-state index in [0.717, 1.165) is 37.6 Å². The Labute approximate surface area is 473 Å². The summed E-state index contributed by atoms with van der Waals surface area (Å²) in [6, 6.07) is 0. The zero-order valence-electron chi connectivity index (χ0n) is 39.1. The second kappa shape index (κ2) is 26.6. The molecule has 28 nitrogen and oxygen atoms in total. The molecule has 14 N–H and O–H groups in total. The molecule has 0 aromatic carbocycles. The first-order valence-corrected chi connectivity index (χ1v) is 26.8. The standard InChI is InChI=1S/C42H56O28S7/c43-15-22(50)36-57-8(1-71)29(15)64-37-23(51)16(44)31(10(3-73)58-37)66-39-25(53)18(46)33(12(5-75)60-39)68-41-27(55)20(48)35(14(7-77)62-41)70-42-28(56)21(49)34(13(6-76)63-42)69-40-26(54)19(47)32(11(4-74)61-40)67-38-24(52)17(45)30(65-36)9(2-72)59-38/h1-56H/t8-,9-,10-,11-,12-,13-,14-,15-,16-,17-,18-,19-,20-,21-,22-,23-,24-,25-,26-,27-,28-,29-,30-,31-,32-,33-,34-,35-,36-,37-,38-,39-,40-,41-,42-/m1/s1. The molecule has 14 bridgehead atoms. The normalized spacial score (nSPS) is 54.9. The third-order valence-electron chi connectivity index (χ3n) is 14.0. The van der Waals surface area contributed by atoms with E-state index in [0.29, 0.717) is 0 Å². The number of aliphatic hydroxyl groups is 14. The lowest BCUT2D eigenvalue weighted by atomic mass is 9.95. The Balaban J connectivity index is 1.08. The van der Waals surface area contributed by atoms with Gasteiger partial charge in [0, 0.05) is 37.6 Å². The molecule has 21 aliphatic heterocycles. The molecule has 77 heavy (non-hydrogen) atoms. The highest BCUT2D eigenvalue weighted by Crippen LogP contribution is 2.38. The molecule has 21 rings (SSSR count). The number of rotatable bonds is 7. The molecule has 0 amide bonds. The van der Waals surface area contributed by atoms with Crippen molar-refractivity contribution in [3.63, 3.8) is 0 Å². The smallest absolute Gasteiger partial charge is 0.187 e. The number of ether oxygens (including phenoxy) is 14. The number of hydrogen-bond donors (Lipinski definition) is 14. The fraction of sp³-hybridized carbons (Fsp3) is 0.833. The Hall–Kier alpha value is -0.490. The van der Waals surface area contributed by atoms with Gasteiger partial charge in [-0.1, -0.05) is 85.5 Å². The summed E-state index contributed by atoms with van der Waals surface area (Å²) in [5.41, 5.74) is 0. The highest BCUT2D eigenvalue weighted by atomic mass is 32.1. The minimum absolute atomic E-state index is 0.943. The number of thiocarbonyl (C=S) groups is 7. The van der Waals surface area contributed by atoms with Crippen LogP contribution in [0.15, 0.2) is 0 Å². The summed E-state index contributed by atoms with van der Waals surface area (Å²) in [6.07, 6.45) is -64.4. The van der Waals surface area contributed by atoms with Crippen LogP contribution >= 0.6 is 85.5 Å². The van der Waals surface area contributed by atoms with Gasteiger partial charge in [-0.2, -0.15) is 0 Å². The monoisotopic (exact) mass is 1230 g/mol. The molecule has 0 spiro atoms. The van der Waals surface area contributed by atoms with Crippen molar-refractivity contribution in [3.8, 4) is 0 Å². The van der Waals surface area contributed by atoms with Gasteiger partial charge in [0.2, 0.25) is 0 Å². The zero-order chi connectivity index (χ0) is 56.1. The van der Waals surface area contributed by atoms with Crippen molar-refractivity contribution in [2.24, 2.45) is 0 Å². The van der Waals surface area contributed by atoms with Gasteiger partial charge in [0.1, 0.15) is 171 Å². The summed E-state index contributed by atoms with van der Waals surface area (Å²) in [6.45, 7) is 0. The van der Waals surface area contributed by atoms with E-state index in [1.807, 2.05) is 0 Å². The fourth-order valence-corrected chi connectivity index (χ4v) is 11.3. The Kier molecular flexibility index (Phi) is 21.6. The van der Waals surface area contributed by atoms with Gasteiger partial charge >= 0.3 is 0 Å². The van der Waals surface area contributed by atoms with Crippen molar-refractivity contribution < 1.29 is 138 Å². The molecule has 0 radical (unpaired) electrons. The van der Waals surface area contributed by atoms with Crippen LogP contribution in [0.1, 0.15) is 0 Å². The molecule has 0 aromatic rings. The van der Waals surface area contributed by atoms with Crippen LogP contribution in [0, 0.1) is 0 Å². The van der Waals surface area contributed by atoms with E-state index >= 15 is 0 Å². The first-order chi connectivity index (χ1) is 36.7. The molecule has 0 unspecified atom stereocenters. The molecule has 21 heterocycles. The van der Waals surface area contributed by atoms with Gasteiger partial charge in [-0.25, -0.2) is 0 Å². The van der Waals surface area contributed by atoms with Crippen molar-refractivity contribution in [2.75, 3.05) is 0 Å². The summed E-state index contributed by atoms with van der Waals surface area (Å²) in [5.74, 6) is 0. The maximum absolute atomic E-state index is 11.4. The largest absolute Gasteiger partial charge is 0.387 e. The molecular weight excluding hydrogens is 1180 g/mol. The SMILES string of the molecule is O[C@@H]1[C@@H](O)[C@H]2O[C@H]3[C@H](O)[C@@H](O)[C@@H](O[C@H]4[C@H](O)[C@@H](O)[C@@H](O[C@H]5[C@H](O)[C@@H](O)[C@@H](O[C@H]6[C@H](O)[C@@H](O)[C@@H](O[C@H]7[C@H](O)[C@@H](O)[C@@H](O[C@H]8[C@H](O)[C@@H](O)[C@@H](O[C@@H]1[C@@H](C=S)O2)O[C@@H]8C=S)O[C@@H]7C=S)O[C@@H]6C=S)O[C@@H]5C=S)O[C@@H]4C=S)O[C@@H]3C=S. The van der Waals surface area contributed by atoms with E-state index in [2.05, 4.69) is 0 Å². The van der Waals surface area contributed by atoms with Gasteiger partial charge < -0.3 is 138 Å². The van der Waals surface area contributed by atoms with Gasteiger partial charge in [0.25, 0.3) is 0 Å².